The summed E-state index contributed by atoms with van der Waals surface area (Å²) in [7, 11) is -8.72. The molecule has 13 heteroatoms. The first-order valence-corrected chi connectivity index (χ1v) is 23.8. The van der Waals surface area contributed by atoms with Crippen molar-refractivity contribution in [3.05, 3.63) is 96.1 Å². The number of aryl methyl sites for hydroxylation is 2. The molecule has 0 spiro atoms. The van der Waals surface area contributed by atoms with Gasteiger partial charge in [0.1, 0.15) is 38.9 Å². The number of hydrogen-bond acceptors (Lipinski definition) is 9. The molecule has 0 amide bonds. The Kier molecular flexibility index (Phi) is 25.4. The third-order valence-electron chi connectivity index (χ3n) is 9.88. The molecule has 0 aromatic heterocycles. The van der Waals surface area contributed by atoms with Gasteiger partial charge in [0.2, 0.25) is 0 Å². The van der Waals surface area contributed by atoms with Crippen molar-refractivity contribution in [3.63, 3.8) is 0 Å². The van der Waals surface area contributed by atoms with Gasteiger partial charge in [0, 0.05) is 6.07 Å². The quantitative estimate of drug-likeness (QED) is 0.0351. The summed E-state index contributed by atoms with van der Waals surface area (Å²) in [5.41, 5.74) is 1.96. The maximum absolute atomic E-state index is 11.7. The van der Waals surface area contributed by atoms with Gasteiger partial charge in [-0.05, 0) is 97.5 Å². The fraction of sp³-hybridized carbons (Fsp3) is 0.478. The van der Waals surface area contributed by atoms with E-state index in [0.29, 0.717) is 23.0 Å². The van der Waals surface area contributed by atoms with E-state index in [1.807, 2.05) is 6.07 Å². The Bertz CT molecular complexity index is 1840. The van der Waals surface area contributed by atoms with Gasteiger partial charge in [0.05, 0.1) is 9.79 Å². The Morgan fingerprint density at radius 1 is 0.508 bits per heavy atom. The van der Waals surface area contributed by atoms with E-state index in [4.69, 9.17) is 14.0 Å². The van der Waals surface area contributed by atoms with Crippen LogP contribution in [0.15, 0.2) is 94.7 Å². The predicted molar refractivity (Wildman–Crippen MR) is 232 cm³/mol. The van der Waals surface area contributed by atoms with E-state index in [0.717, 1.165) is 49.7 Å². The minimum atomic E-state index is -4.49. The van der Waals surface area contributed by atoms with E-state index in [1.54, 1.807) is 18.2 Å². The smallest absolute Gasteiger partial charge is 0.872 e. The van der Waals surface area contributed by atoms with Crippen LogP contribution >= 0.6 is 0 Å². The van der Waals surface area contributed by atoms with Crippen molar-refractivity contribution in [1.29, 1.82) is 0 Å². The SMILES string of the molecule is CCCCCCCCCCCc1ccc(O)cc1Oc1ccc(S(=O)(=O)O)cc1.CCCCCCCCCCCc1ccc([O-])cc1Oc1ccc(S(=O)(=O)[O-])cc1.[Ca+2]. The average Bonchev–Trinajstić information content (AvgIpc) is 3.18. The summed E-state index contributed by atoms with van der Waals surface area (Å²) in [6.45, 7) is 4.46. The molecule has 0 heterocycles. The van der Waals surface area contributed by atoms with E-state index in [1.165, 1.54) is 151 Å². The number of hydrogen-bond donors (Lipinski definition) is 2. The third-order valence-corrected chi connectivity index (χ3v) is 11.6. The zero-order valence-electron chi connectivity index (χ0n) is 34.9. The van der Waals surface area contributed by atoms with Crippen LogP contribution in [0.1, 0.15) is 141 Å². The van der Waals surface area contributed by atoms with Gasteiger partial charge < -0.3 is 24.2 Å². The molecule has 0 aliphatic carbocycles. The molecule has 0 bridgehead atoms. The van der Waals surface area contributed by atoms with Crippen molar-refractivity contribution < 1.29 is 45.6 Å². The summed E-state index contributed by atoms with van der Waals surface area (Å²) < 4.78 is 76.1. The second kappa shape index (κ2) is 28.6. The number of unbranched alkanes of at least 4 members (excludes halogenated alkanes) is 16. The number of benzene rings is 4. The topological polar surface area (TPSA) is 173 Å². The van der Waals surface area contributed by atoms with Crippen LogP contribution in [-0.4, -0.2) is 68.8 Å². The molecule has 0 aliphatic heterocycles. The second-order valence-corrected chi connectivity index (χ2v) is 17.6. The number of rotatable bonds is 26. The van der Waals surface area contributed by atoms with Crippen molar-refractivity contribution >= 4 is 58.0 Å². The minimum absolute atomic E-state index is 0. The molecule has 0 atom stereocenters. The predicted octanol–water partition coefficient (Wildman–Crippen LogP) is 11.7. The van der Waals surface area contributed by atoms with Crippen LogP contribution < -0.4 is 14.6 Å². The van der Waals surface area contributed by atoms with Gasteiger partial charge in [-0.3, -0.25) is 4.55 Å². The first-order chi connectivity index (χ1) is 27.8. The van der Waals surface area contributed by atoms with E-state index in [2.05, 4.69) is 13.8 Å². The second-order valence-electron chi connectivity index (χ2n) is 14.8. The molecule has 4 aromatic rings. The van der Waals surface area contributed by atoms with Gasteiger partial charge in [0.15, 0.2) is 0 Å². The van der Waals surface area contributed by atoms with Crippen molar-refractivity contribution in [2.75, 3.05) is 0 Å². The maximum Gasteiger partial charge on any atom is 2.00 e. The molecule has 0 unspecified atom stereocenters. The van der Waals surface area contributed by atoms with Crippen LogP contribution in [0.5, 0.6) is 34.5 Å². The van der Waals surface area contributed by atoms with E-state index in [9.17, 15) is 31.6 Å². The number of phenolic OH excluding ortho intramolecular Hbond substituents is 1. The van der Waals surface area contributed by atoms with Gasteiger partial charge in [-0.15, -0.1) is 5.75 Å². The molecule has 4 aromatic carbocycles. The molecular weight excluding hydrogens is 817 g/mol. The van der Waals surface area contributed by atoms with Crippen LogP contribution in [0.25, 0.3) is 0 Å². The van der Waals surface area contributed by atoms with Gasteiger partial charge in [-0.25, -0.2) is 8.42 Å². The molecule has 0 fully saturated rings. The van der Waals surface area contributed by atoms with E-state index in [-0.39, 0.29) is 59.0 Å². The summed E-state index contributed by atoms with van der Waals surface area (Å²) >= 11 is 0. The standard InChI is InChI=1S/2C23H32O5S.Ca/c2*1-2-3-4-5-6-7-8-9-10-11-19-12-13-20(24)18-23(19)28-21-14-16-22(17-15-21)29(25,26)27;/h2*12-18,24H,2-11H2,1H3,(H,25,26,27);/q;;+2/p-2. The first kappa shape index (κ1) is 52.3. The zero-order chi connectivity index (χ0) is 42.2. The summed E-state index contributed by atoms with van der Waals surface area (Å²) in [5.74, 6) is 1.84. The van der Waals surface area contributed by atoms with Crippen LogP contribution in [0.4, 0.5) is 0 Å². The van der Waals surface area contributed by atoms with Crippen molar-refractivity contribution in [3.8, 4) is 34.5 Å². The molecule has 0 saturated carbocycles. The normalized spacial score (nSPS) is 11.3. The summed E-state index contributed by atoms with van der Waals surface area (Å²) in [6.07, 6.45) is 24.2. The summed E-state index contributed by atoms with van der Waals surface area (Å²) in [4.78, 5) is -0.493. The molecule has 10 nitrogen and oxygen atoms in total. The molecule has 320 valence electrons. The molecule has 2 N–H and O–H groups in total. The van der Waals surface area contributed by atoms with Gasteiger partial charge in [0.25, 0.3) is 10.1 Å². The van der Waals surface area contributed by atoms with E-state index >= 15 is 0 Å². The van der Waals surface area contributed by atoms with E-state index < -0.39 is 20.2 Å². The van der Waals surface area contributed by atoms with Crippen LogP contribution in [-0.2, 0) is 33.1 Å². The Labute approximate surface area is 383 Å². The van der Waals surface area contributed by atoms with Gasteiger partial charge >= 0.3 is 37.7 Å². The first-order valence-electron chi connectivity index (χ1n) is 20.9. The molecule has 4 rings (SSSR count). The molecular formula is C46H62CaO10S2. The molecule has 59 heavy (non-hydrogen) atoms. The summed E-state index contributed by atoms with van der Waals surface area (Å²) in [6, 6.07) is 20.6. The van der Waals surface area contributed by atoms with Crippen molar-refractivity contribution in [2.45, 2.75) is 152 Å². The Balaban J connectivity index is 0.000000400. The largest absolute Gasteiger partial charge is 2.00 e. The molecule has 0 saturated heterocycles. The van der Waals surface area contributed by atoms with Crippen molar-refractivity contribution in [1.82, 2.24) is 0 Å². The van der Waals surface area contributed by atoms with Gasteiger partial charge in [-0.1, -0.05) is 135 Å². The number of phenols is 1. The number of ether oxygens (including phenoxy) is 2. The third kappa shape index (κ3) is 21.5. The summed E-state index contributed by atoms with van der Waals surface area (Å²) in [5, 5.41) is 21.5. The maximum atomic E-state index is 11.7. The van der Waals surface area contributed by atoms with Crippen molar-refractivity contribution in [2.24, 2.45) is 0 Å². The Morgan fingerprint density at radius 2 is 0.881 bits per heavy atom. The minimum Gasteiger partial charge on any atom is -0.872 e. The monoisotopic (exact) mass is 878 g/mol. The average molecular weight is 879 g/mol. The molecule has 0 aliphatic rings. The van der Waals surface area contributed by atoms with Crippen LogP contribution in [0.3, 0.4) is 0 Å². The van der Waals surface area contributed by atoms with Crippen LogP contribution in [0.2, 0.25) is 0 Å². The molecule has 0 radical (unpaired) electrons. The Morgan fingerprint density at radius 3 is 1.29 bits per heavy atom. The fourth-order valence-corrected chi connectivity index (χ4v) is 7.49. The fourth-order valence-electron chi connectivity index (χ4n) is 6.54. The zero-order valence-corrected chi connectivity index (χ0v) is 38.8. The Hall–Kier alpha value is -2.84. The van der Waals surface area contributed by atoms with Crippen LogP contribution in [0, 0.1) is 0 Å². The number of aromatic hydroxyl groups is 1. The van der Waals surface area contributed by atoms with Gasteiger partial charge in [-0.2, -0.15) is 8.42 Å².